The minimum absolute atomic E-state index is 0.543. The number of primary amides is 1. The van der Waals surface area contributed by atoms with Crippen molar-refractivity contribution in [2.45, 2.75) is 0 Å². The predicted octanol–water partition coefficient (Wildman–Crippen LogP) is 2.19. The number of nitrogens with two attached hydrogens (primary N) is 2. The van der Waals surface area contributed by atoms with Gasteiger partial charge in [-0.2, -0.15) is 0 Å². The van der Waals surface area contributed by atoms with Crippen LogP contribution in [-0.2, 0) is 0 Å². The van der Waals surface area contributed by atoms with E-state index in [2.05, 4.69) is 5.43 Å². The molecule has 0 bridgehead atoms. The molecule has 2 aromatic rings. The first-order chi connectivity index (χ1) is 9.60. The fraction of sp³-hybridized carbons (Fsp3) is 0.0714. The third-order valence-corrected chi connectivity index (χ3v) is 2.66. The molecule has 20 heavy (non-hydrogen) atoms. The van der Waals surface area contributed by atoms with E-state index >= 15 is 0 Å². The number of carbonyl (C=O) groups excluding carboxylic acids is 1. The number of nitrogens with one attached hydrogen (secondary N) is 1. The number of nitrogens with zero attached hydrogens (tertiary/aromatic N) is 1. The predicted molar refractivity (Wildman–Crippen MR) is 79.5 cm³/mol. The van der Waals surface area contributed by atoms with Gasteiger partial charge in [-0.15, -0.1) is 0 Å². The van der Waals surface area contributed by atoms with Gasteiger partial charge in [0.25, 0.3) is 0 Å². The number of methoxy groups -OCH3 is 1. The van der Waals surface area contributed by atoms with Crippen molar-refractivity contribution >= 4 is 23.1 Å². The molecule has 0 saturated heterocycles. The zero-order valence-corrected chi connectivity index (χ0v) is 11.0. The molecule has 2 aromatic carbocycles. The van der Waals surface area contributed by atoms with Crippen LogP contribution in [0.1, 0.15) is 0 Å². The van der Waals surface area contributed by atoms with Crippen LogP contribution in [0.25, 0.3) is 0 Å². The summed E-state index contributed by atoms with van der Waals surface area (Å²) in [4.78, 5) is 11.6. The maximum atomic E-state index is 11.6. The van der Waals surface area contributed by atoms with Crippen molar-refractivity contribution < 1.29 is 9.53 Å². The van der Waals surface area contributed by atoms with Crippen molar-refractivity contribution in [3.8, 4) is 5.75 Å². The molecule has 0 aliphatic rings. The van der Waals surface area contributed by atoms with Gasteiger partial charge in [0.1, 0.15) is 5.75 Å². The summed E-state index contributed by atoms with van der Waals surface area (Å²) in [6.07, 6.45) is 0. The maximum Gasteiger partial charge on any atom is 0.338 e. The molecule has 0 unspecified atom stereocenters. The Balaban J connectivity index is 2.28. The number of carbonyl (C=O) groups is 1. The number of benzene rings is 2. The number of hydrazine groups is 1. The van der Waals surface area contributed by atoms with Gasteiger partial charge in [0.15, 0.2) is 0 Å². The van der Waals surface area contributed by atoms with E-state index in [4.69, 9.17) is 16.2 Å². The van der Waals surface area contributed by atoms with Crippen molar-refractivity contribution in [1.29, 1.82) is 0 Å². The van der Waals surface area contributed by atoms with Crippen molar-refractivity contribution in [2.24, 2.45) is 5.73 Å². The molecular formula is C14H16N4O2. The van der Waals surface area contributed by atoms with Crippen molar-refractivity contribution in [3.63, 3.8) is 0 Å². The fourth-order valence-electron chi connectivity index (χ4n) is 1.73. The van der Waals surface area contributed by atoms with Gasteiger partial charge in [-0.1, -0.05) is 12.1 Å². The molecule has 0 atom stereocenters. The van der Waals surface area contributed by atoms with Crippen LogP contribution in [0.4, 0.5) is 21.9 Å². The third kappa shape index (κ3) is 3.11. The van der Waals surface area contributed by atoms with Crippen LogP contribution in [0.15, 0.2) is 48.5 Å². The maximum absolute atomic E-state index is 11.6. The summed E-state index contributed by atoms with van der Waals surface area (Å²) < 4.78 is 5.13. The number of nitrogen functional groups attached to an aromatic ring is 1. The van der Waals surface area contributed by atoms with E-state index < -0.39 is 6.03 Å². The molecule has 0 radical (unpaired) electrons. The molecule has 0 aliphatic heterocycles. The Morgan fingerprint density at radius 3 is 2.60 bits per heavy atom. The highest BCUT2D eigenvalue weighted by molar-refractivity contribution is 5.93. The fourth-order valence-corrected chi connectivity index (χ4v) is 1.73. The number of hydrogen-bond acceptors (Lipinski definition) is 4. The smallest absolute Gasteiger partial charge is 0.338 e. The largest absolute Gasteiger partial charge is 0.497 e. The van der Waals surface area contributed by atoms with E-state index in [1.54, 1.807) is 55.6 Å². The zero-order valence-electron chi connectivity index (χ0n) is 11.0. The van der Waals surface area contributed by atoms with E-state index in [1.165, 1.54) is 5.01 Å². The van der Waals surface area contributed by atoms with Crippen LogP contribution >= 0.6 is 0 Å². The minimum Gasteiger partial charge on any atom is -0.497 e. The van der Waals surface area contributed by atoms with Gasteiger partial charge in [-0.25, -0.2) is 9.80 Å². The van der Waals surface area contributed by atoms with Gasteiger partial charge >= 0.3 is 6.03 Å². The molecule has 0 spiro atoms. The van der Waals surface area contributed by atoms with Gasteiger partial charge in [-0.3, -0.25) is 5.43 Å². The molecule has 0 aromatic heterocycles. The summed E-state index contributed by atoms with van der Waals surface area (Å²) in [7, 11) is 1.57. The SMILES string of the molecule is COc1cccc(NN(C(N)=O)c2cccc(N)c2)c1. The summed E-state index contributed by atoms with van der Waals surface area (Å²) in [6.45, 7) is 0. The molecule has 6 heteroatoms. The minimum atomic E-state index is -0.640. The van der Waals surface area contributed by atoms with Gasteiger partial charge in [-0.05, 0) is 30.3 Å². The van der Waals surface area contributed by atoms with Crippen molar-refractivity contribution in [3.05, 3.63) is 48.5 Å². The highest BCUT2D eigenvalue weighted by Crippen LogP contribution is 2.21. The molecule has 2 rings (SSSR count). The first kappa shape index (κ1) is 13.5. The number of ether oxygens (including phenoxy) is 1. The Morgan fingerprint density at radius 2 is 1.95 bits per heavy atom. The van der Waals surface area contributed by atoms with Crippen LogP contribution in [0.2, 0.25) is 0 Å². The first-order valence-electron chi connectivity index (χ1n) is 5.96. The lowest BCUT2D eigenvalue weighted by Gasteiger charge is -2.22. The summed E-state index contributed by atoms with van der Waals surface area (Å²) in [5.74, 6) is 0.673. The normalized spacial score (nSPS) is 9.85. The highest BCUT2D eigenvalue weighted by Gasteiger charge is 2.13. The van der Waals surface area contributed by atoms with Gasteiger partial charge < -0.3 is 16.2 Å². The number of rotatable bonds is 4. The standard InChI is InChI=1S/C14H16N4O2/c1-20-13-7-3-5-11(9-13)17-18(14(16)19)12-6-2-4-10(15)8-12/h2-9,17H,15H2,1H3,(H2,16,19). The molecule has 2 amide bonds. The van der Waals surface area contributed by atoms with Crippen LogP contribution < -0.4 is 26.6 Å². The summed E-state index contributed by atoms with van der Waals surface area (Å²) in [5, 5.41) is 1.21. The molecule has 6 nitrogen and oxygen atoms in total. The van der Waals surface area contributed by atoms with Crippen LogP contribution in [-0.4, -0.2) is 13.1 Å². The topological polar surface area (TPSA) is 93.6 Å². The zero-order chi connectivity index (χ0) is 14.5. The monoisotopic (exact) mass is 272 g/mol. The van der Waals surface area contributed by atoms with Crippen LogP contribution in [0.5, 0.6) is 5.75 Å². The highest BCUT2D eigenvalue weighted by atomic mass is 16.5. The Morgan fingerprint density at radius 1 is 1.20 bits per heavy atom. The molecule has 5 N–H and O–H groups in total. The second-order valence-electron chi connectivity index (χ2n) is 4.11. The second-order valence-corrected chi connectivity index (χ2v) is 4.11. The van der Waals surface area contributed by atoms with Crippen LogP contribution in [0.3, 0.4) is 0 Å². The summed E-state index contributed by atoms with van der Waals surface area (Å²) >= 11 is 0. The van der Waals surface area contributed by atoms with Gasteiger partial charge in [0.2, 0.25) is 0 Å². The average Bonchev–Trinajstić information content (AvgIpc) is 2.44. The van der Waals surface area contributed by atoms with Gasteiger partial charge in [0.05, 0.1) is 18.5 Å². The Labute approximate surface area is 116 Å². The lowest BCUT2D eigenvalue weighted by atomic mass is 10.2. The molecular weight excluding hydrogens is 256 g/mol. The third-order valence-electron chi connectivity index (χ3n) is 2.66. The molecule has 104 valence electrons. The molecule has 0 heterocycles. The number of anilines is 3. The van der Waals surface area contributed by atoms with E-state index in [0.717, 1.165) is 0 Å². The van der Waals surface area contributed by atoms with E-state index in [9.17, 15) is 4.79 Å². The Hall–Kier alpha value is -2.89. The van der Waals surface area contributed by atoms with Crippen molar-refractivity contribution in [1.82, 2.24) is 0 Å². The summed E-state index contributed by atoms with van der Waals surface area (Å²) in [5.41, 5.74) is 15.8. The Kier molecular flexibility index (Phi) is 3.95. The molecule has 0 saturated carbocycles. The van der Waals surface area contributed by atoms with Crippen LogP contribution in [0, 0.1) is 0 Å². The molecule has 0 fully saturated rings. The lowest BCUT2D eigenvalue weighted by molar-refractivity contribution is 0.255. The lowest BCUT2D eigenvalue weighted by Crippen LogP contribution is -2.40. The summed E-state index contributed by atoms with van der Waals surface area (Å²) in [6, 6.07) is 13.4. The van der Waals surface area contributed by atoms with Crippen molar-refractivity contribution in [2.75, 3.05) is 23.3 Å². The number of hydrogen-bond donors (Lipinski definition) is 3. The quantitative estimate of drug-likeness (QED) is 0.587. The van der Waals surface area contributed by atoms with E-state index in [1.807, 2.05) is 0 Å². The average molecular weight is 272 g/mol. The number of urea groups is 1. The van der Waals surface area contributed by atoms with Gasteiger partial charge in [0, 0.05) is 11.8 Å². The van der Waals surface area contributed by atoms with E-state index in [0.29, 0.717) is 22.8 Å². The number of amides is 2. The Bertz CT molecular complexity index is 616. The first-order valence-corrected chi connectivity index (χ1v) is 5.96. The second kappa shape index (κ2) is 5.83. The van der Waals surface area contributed by atoms with E-state index in [-0.39, 0.29) is 0 Å². The molecule has 0 aliphatic carbocycles.